The van der Waals surface area contributed by atoms with E-state index < -0.39 is 0 Å². The first-order chi connectivity index (χ1) is 2.41. The molecule has 0 aliphatic carbocycles. The molecule has 0 heterocycles. The van der Waals surface area contributed by atoms with Crippen molar-refractivity contribution in [3.05, 3.63) is 0 Å². The Balaban J connectivity index is -0.0000000800. The fraction of sp³-hybridized carbons (Fsp3) is 1.00. The first-order valence-corrected chi connectivity index (χ1v) is 4.45. The van der Waals surface area contributed by atoms with Crippen LogP contribution in [-0.4, -0.2) is 24.4 Å². The molecule has 0 saturated carbocycles. The number of rotatable bonds is 2. The van der Waals surface area contributed by atoms with Gasteiger partial charge in [-0.2, -0.15) is 0 Å². The maximum Gasteiger partial charge on any atom is -0.147 e. The summed E-state index contributed by atoms with van der Waals surface area (Å²) in [5, 5.41) is 0. The quantitative estimate of drug-likeness (QED) is 0.699. The van der Waals surface area contributed by atoms with E-state index in [1.165, 1.54) is 41.4 Å². The molecule has 0 unspecified atom stereocenters. The van der Waals surface area contributed by atoms with Crippen LogP contribution in [0.3, 0.4) is 0 Å². The summed E-state index contributed by atoms with van der Waals surface area (Å²) in [6.45, 7) is 2.23. The minimum absolute atomic E-state index is 0. The maximum absolute atomic E-state index is 2.23. The van der Waals surface area contributed by atoms with Crippen molar-refractivity contribution in [3.63, 3.8) is 0 Å². The molecular formula is C4H11Cl2In. The molecule has 0 aliphatic rings. The zero-order valence-corrected chi connectivity index (χ0v) is 9.44. The Bertz CT molecular complexity index is 17.2. The van der Waals surface area contributed by atoms with Crippen LogP contribution in [0.5, 0.6) is 0 Å². The summed E-state index contributed by atoms with van der Waals surface area (Å²) in [4.78, 5) is 0. The Morgan fingerprint density at radius 2 is 1.71 bits per heavy atom. The number of hydrogen-bond donors (Lipinski definition) is 0. The van der Waals surface area contributed by atoms with Crippen molar-refractivity contribution in [1.29, 1.82) is 0 Å². The average Bonchev–Trinajstić information content (AvgIpc) is 1.41. The van der Waals surface area contributed by atoms with Crippen molar-refractivity contribution < 1.29 is 0 Å². The maximum atomic E-state index is 2.23. The third-order valence-electron chi connectivity index (χ3n) is 0.558. The molecule has 0 bridgehead atoms. The minimum atomic E-state index is 0. The largest absolute Gasteiger partial charge is 0.147 e. The van der Waals surface area contributed by atoms with Gasteiger partial charge in [0, 0.05) is 0 Å². The van der Waals surface area contributed by atoms with Gasteiger partial charge in [0.1, 0.15) is 0 Å². The van der Waals surface area contributed by atoms with Crippen molar-refractivity contribution >= 4 is 49.2 Å². The van der Waals surface area contributed by atoms with Crippen molar-refractivity contribution in [2.75, 3.05) is 0 Å². The van der Waals surface area contributed by atoms with Gasteiger partial charge < -0.3 is 0 Å². The summed E-state index contributed by atoms with van der Waals surface area (Å²) < 4.78 is 1.47. The van der Waals surface area contributed by atoms with Gasteiger partial charge in [0.05, 0.1) is 0 Å². The van der Waals surface area contributed by atoms with Crippen molar-refractivity contribution in [2.24, 2.45) is 0 Å². The predicted octanol–water partition coefficient (Wildman–Crippen LogP) is 2.22. The normalized spacial score (nSPS) is 5.86. The molecule has 0 amide bonds. The Morgan fingerprint density at radius 3 is 1.71 bits per heavy atom. The molecule has 7 heavy (non-hydrogen) atoms. The SMILES string of the molecule is CCC[CH2][In].Cl.Cl. The second kappa shape index (κ2) is 15.7. The zero-order chi connectivity index (χ0) is 4.12. The van der Waals surface area contributed by atoms with Gasteiger partial charge in [0.2, 0.25) is 0 Å². The van der Waals surface area contributed by atoms with Gasteiger partial charge in [-0.05, 0) is 0 Å². The van der Waals surface area contributed by atoms with Gasteiger partial charge in [0.15, 0.2) is 0 Å². The third kappa shape index (κ3) is 18.6. The Hall–Kier alpha value is 1.45. The summed E-state index contributed by atoms with van der Waals surface area (Å²) in [6, 6.07) is 0. The number of unbranched alkanes of at least 4 members (excludes halogenated alkanes) is 1. The second-order valence-electron chi connectivity index (χ2n) is 1.14. The molecule has 0 rings (SSSR count). The van der Waals surface area contributed by atoms with Crippen LogP contribution in [0.2, 0.25) is 4.18 Å². The second-order valence-corrected chi connectivity index (χ2v) is 2.79. The van der Waals surface area contributed by atoms with Gasteiger partial charge in [-0.3, -0.25) is 0 Å². The Labute approximate surface area is 72.8 Å². The molecule has 0 aromatic rings. The molecule has 0 N–H and O–H groups in total. The van der Waals surface area contributed by atoms with E-state index in [9.17, 15) is 0 Å². The van der Waals surface area contributed by atoms with Crippen molar-refractivity contribution in [1.82, 2.24) is 0 Å². The molecule has 3 heteroatoms. The Morgan fingerprint density at radius 1 is 1.29 bits per heavy atom. The smallest absolute Gasteiger partial charge is 0.147 e. The standard InChI is InChI=1S/C4H9.2ClH.In/c1-3-4-2;;;/h1,3-4H2,2H3;2*1H;. The molecule has 0 saturated heterocycles. The molecule has 0 aliphatic heterocycles. The first kappa shape index (κ1) is 15.8. The van der Waals surface area contributed by atoms with Crippen LogP contribution in [-0.2, 0) is 0 Å². The van der Waals surface area contributed by atoms with Gasteiger partial charge in [-0.25, -0.2) is 0 Å². The molecular weight excluding hydrogens is 234 g/mol. The van der Waals surface area contributed by atoms with E-state index in [2.05, 4.69) is 6.92 Å². The number of halogens is 2. The van der Waals surface area contributed by atoms with Crippen molar-refractivity contribution in [2.45, 2.75) is 23.9 Å². The fourth-order valence-corrected chi connectivity index (χ4v) is 1.37. The molecule has 2 radical (unpaired) electrons. The minimum Gasteiger partial charge on any atom is -0.147 e. The van der Waals surface area contributed by atoms with E-state index in [0.29, 0.717) is 0 Å². The van der Waals surface area contributed by atoms with Gasteiger partial charge >= 0.3 is 48.3 Å². The van der Waals surface area contributed by atoms with Gasteiger partial charge in [0.25, 0.3) is 0 Å². The summed E-state index contributed by atoms with van der Waals surface area (Å²) >= 11 is 1.45. The zero-order valence-electron chi connectivity index (χ0n) is 4.52. The summed E-state index contributed by atoms with van der Waals surface area (Å²) in [5.41, 5.74) is 0. The van der Waals surface area contributed by atoms with E-state index in [1.54, 1.807) is 0 Å². The van der Waals surface area contributed by atoms with E-state index in [1.807, 2.05) is 0 Å². The molecule has 0 aromatic carbocycles. The first-order valence-electron chi connectivity index (χ1n) is 2.12. The molecule has 0 spiro atoms. The molecule has 0 fully saturated rings. The van der Waals surface area contributed by atoms with Crippen LogP contribution in [0.15, 0.2) is 0 Å². The average molecular weight is 245 g/mol. The summed E-state index contributed by atoms with van der Waals surface area (Å²) in [5.74, 6) is 0. The molecule has 0 atom stereocenters. The molecule has 0 nitrogen and oxygen atoms in total. The van der Waals surface area contributed by atoms with Crippen LogP contribution in [0.25, 0.3) is 0 Å². The molecule has 44 valence electrons. The van der Waals surface area contributed by atoms with E-state index in [0.717, 1.165) is 0 Å². The van der Waals surface area contributed by atoms with Gasteiger partial charge in [-0.1, -0.05) is 0 Å². The Kier molecular flexibility index (Phi) is 35.3. The summed E-state index contributed by atoms with van der Waals surface area (Å²) in [7, 11) is 0. The monoisotopic (exact) mass is 244 g/mol. The fourth-order valence-electron chi connectivity index (χ4n) is 0.204. The topological polar surface area (TPSA) is 0 Å². The van der Waals surface area contributed by atoms with E-state index >= 15 is 0 Å². The van der Waals surface area contributed by atoms with Crippen LogP contribution < -0.4 is 0 Å². The van der Waals surface area contributed by atoms with Crippen LogP contribution in [0, 0.1) is 0 Å². The van der Waals surface area contributed by atoms with Gasteiger partial charge in [-0.15, -0.1) is 24.8 Å². The van der Waals surface area contributed by atoms with Crippen molar-refractivity contribution in [3.8, 4) is 0 Å². The van der Waals surface area contributed by atoms with Crippen LogP contribution in [0.1, 0.15) is 19.8 Å². The van der Waals surface area contributed by atoms with E-state index in [-0.39, 0.29) is 24.8 Å². The molecule has 0 aromatic heterocycles. The summed E-state index contributed by atoms with van der Waals surface area (Å²) in [6.07, 6.45) is 2.82. The van der Waals surface area contributed by atoms with Crippen LogP contribution >= 0.6 is 24.8 Å². The van der Waals surface area contributed by atoms with Crippen LogP contribution in [0.4, 0.5) is 0 Å². The number of hydrogen-bond acceptors (Lipinski definition) is 0. The third-order valence-corrected chi connectivity index (χ3v) is 1.72. The predicted molar refractivity (Wildman–Crippen MR) is 40.0 cm³/mol. The van der Waals surface area contributed by atoms with E-state index in [4.69, 9.17) is 0 Å².